The summed E-state index contributed by atoms with van der Waals surface area (Å²) in [4.78, 5) is 21.5. The highest BCUT2D eigenvalue weighted by atomic mass is 32.2. The van der Waals surface area contributed by atoms with Crippen LogP contribution in [0.25, 0.3) is 16.7 Å². The van der Waals surface area contributed by atoms with Gasteiger partial charge in [-0.25, -0.2) is 13.4 Å². The van der Waals surface area contributed by atoms with Gasteiger partial charge in [0.2, 0.25) is 5.88 Å². The predicted octanol–water partition coefficient (Wildman–Crippen LogP) is 5.59. The topological polar surface area (TPSA) is 110 Å². The molecule has 0 radical (unpaired) electrons. The number of ether oxygens (including phenoxy) is 1. The van der Waals surface area contributed by atoms with Crippen LogP contribution in [0.1, 0.15) is 34.0 Å². The molecule has 2 N–H and O–H groups in total. The Morgan fingerprint density at radius 2 is 1.77 bits per heavy atom. The Labute approximate surface area is 227 Å². The second-order valence-electron chi connectivity index (χ2n) is 8.89. The van der Waals surface area contributed by atoms with E-state index in [9.17, 15) is 13.2 Å². The Kier molecular flexibility index (Phi) is 7.00. The van der Waals surface area contributed by atoms with Gasteiger partial charge in [0.1, 0.15) is 5.69 Å². The number of amides is 1. The van der Waals surface area contributed by atoms with E-state index in [4.69, 9.17) is 4.74 Å². The second-order valence-corrected chi connectivity index (χ2v) is 10.6. The van der Waals surface area contributed by atoms with Crippen LogP contribution < -0.4 is 14.8 Å². The minimum Gasteiger partial charge on any atom is -0.480 e. The lowest BCUT2D eigenvalue weighted by atomic mass is 9.92. The lowest BCUT2D eigenvalue weighted by Crippen LogP contribution is -2.23. The smallest absolute Gasteiger partial charge is 0.262 e. The van der Waals surface area contributed by atoms with E-state index in [1.54, 1.807) is 18.3 Å². The molecule has 8 nitrogen and oxygen atoms in total. The van der Waals surface area contributed by atoms with Crippen LogP contribution in [0.4, 0.5) is 11.4 Å². The van der Waals surface area contributed by atoms with Crippen molar-refractivity contribution in [2.75, 3.05) is 11.8 Å². The number of sulfonamides is 1. The number of rotatable bonds is 2. The van der Waals surface area contributed by atoms with E-state index in [1.165, 1.54) is 25.3 Å². The third-order valence-corrected chi connectivity index (χ3v) is 7.83. The van der Waals surface area contributed by atoms with Gasteiger partial charge < -0.3 is 10.1 Å². The number of aliphatic imine (C=N–C) groups is 1. The van der Waals surface area contributed by atoms with Gasteiger partial charge in [-0.3, -0.25) is 14.5 Å². The average Bonchev–Trinajstić information content (AvgIpc) is 2.96. The highest BCUT2D eigenvalue weighted by Gasteiger charge is 2.21. The number of pyridine rings is 1. The van der Waals surface area contributed by atoms with Crippen LogP contribution >= 0.6 is 0 Å². The molecule has 1 amide bonds. The highest BCUT2D eigenvalue weighted by Crippen LogP contribution is 2.37. The Hall–Kier alpha value is -4.76. The van der Waals surface area contributed by atoms with Crippen molar-refractivity contribution >= 4 is 39.6 Å². The number of methoxy groups -OCH3 is 1. The van der Waals surface area contributed by atoms with Gasteiger partial charge in [0.25, 0.3) is 15.9 Å². The van der Waals surface area contributed by atoms with Crippen LogP contribution in [-0.2, 0) is 16.6 Å². The lowest BCUT2D eigenvalue weighted by molar-refractivity contribution is 0.0950. The van der Waals surface area contributed by atoms with Gasteiger partial charge in [0.15, 0.2) is 0 Å². The summed E-state index contributed by atoms with van der Waals surface area (Å²) in [6, 6.07) is 21.1. The van der Waals surface area contributed by atoms with E-state index in [0.717, 1.165) is 27.8 Å². The molecule has 1 aliphatic heterocycles. The summed E-state index contributed by atoms with van der Waals surface area (Å²) in [7, 11) is -2.66. The van der Waals surface area contributed by atoms with E-state index in [0.29, 0.717) is 11.3 Å². The Bertz CT molecular complexity index is 1750. The van der Waals surface area contributed by atoms with E-state index >= 15 is 0 Å². The molecule has 0 atom stereocenters. The first-order valence-corrected chi connectivity index (χ1v) is 13.6. The fraction of sp³-hybridized carbons (Fsp3) is 0.100. The van der Waals surface area contributed by atoms with Crippen LogP contribution in [0.2, 0.25) is 0 Å². The summed E-state index contributed by atoms with van der Waals surface area (Å²) in [5.41, 5.74) is 6.18. The molecular weight excluding hydrogens is 512 g/mol. The molecule has 9 heteroatoms. The summed E-state index contributed by atoms with van der Waals surface area (Å²) < 4.78 is 34.6. The molecule has 0 aliphatic carbocycles. The third kappa shape index (κ3) is 5.17. The van der Waals surface area contributed by atoms with Crippen molar-refractivity contribution in [2.45, 2.75) is 18.4 Å². The standard InChI is InChI=1S/C30H26N4O4S/c1-4-25-21-8-5-7-19(13-21)17-32-29(35)22-9-6-10-24(14-22)39(36,37)34-28-16-23(18-33-30(28)38-3)20-11-12-27(31-2)26(25)15-20/h4-16,18,34H,2,17H2,1,3H3,(H,32,35)/b25-4-. The third-order valence-electron chi connectivity index (χ3n) is 6.47. The molecule has 3 aromatic carbocycles. The number of hydrogen-bond acceptors (Lipinski definition) is 6. The number of carbonyl (C=O) groups is 1. The van der Waals surface area contributed by atoms with Crippen molar-refractivity contribution in [2.24, 2.45) is 4.99 Å². The summed E-state index contributed by atoms with van der Waals surface area (Å²) in [5, 5.41) is 2.88. The number of nitrogens with one attached hydrogen (secondary N) is 2. The summed E-state index contributed by atoms with van der Waals surface area (Å²) >= 11 is 0. The normalized spacial score (nSPS) is 15.3. The summed E-state index contributed by atoms with van der Waals surface area (Å²) in [6.07, 6.45) is 3.62. The van der Waals surface area contributed by atoms with Crippen molar-refractivity contribution in [1.29, 1.82) is 0 Å². The predicted molar refractivity (Wildman–Crippen MR) is 153 cm³/mol. The fourth-order valence-electron chi connectivity index (χ4n) is 4.53. The van der Waals surface area contributed by atoms with Crippen molar-refractivity contribution < 1.29 is 17.9 Å². The molecule has 2 heterocycles. The molecular formula is C30H26N4O4S. The first-order valence-electron chi connectivity index (χ1n) is 12.1. The van der Waals surface area contributed by atoms with Gasteiger partial charge in [-0.15, -0.1) is 0 Å². The zero-order valence-electron chi connectivity index (χ0n) is 21.4. The molecule has 0 unspecified atom stereocenters. The minimum atomic E-state index is -4.07. The minimum absolute atomic E-state index is 0.0628. The van der Waals surface area contributed by atoms with Crippen molar-refractivity contribution in [1.82, 2.24) is 10.3 Å². The molecule has 1 aliphatic rings. The monoisotopic (exact) mass is 538 g/mol. The van der Waals surface area contributed by atoms with E-state index in [-0.39, 0.29) is 28.6 Å². The van der Waals surface area contributed by atoms with Crippen LogP contribution in [0, 0.1) is 0 Å². The number of aromatic nitrogens is 1. The Morgan fingerprint density at radius 1 is 0.974 bits per heavy atom. The number of anilines is 1. The molecule has 4 aromatic rings. The number of allylic oxidation sites excluding steroid dienone is 1. The molecule has 39 heavy (non-hydrogen) atoms. The largest absolute Gasteiger partial charge is 0.480 e. The molecule has 5 rings (SSSR count). The summed E-state index contributed by atoms with van der Waals surface area (Å²) in [6.45, 7) is 5.96. The van der Waals surface area contributed by atoms with Crippen molar-refractivity contribution in [3.63, 3.8) is 0 Å². The maximum Gasteiger partial charge on any atom is 0.262 e. The van der Waals surface area contributed by atoms with E-state index in [2.05, 4.69) is 26.7 Å². The summed E-state index contributed by atoms with van der Waals surface area (Å²) in [5.74, 6) is -0.280. The van der Waals surface area contributed by atoms with Crippen molar-refractivity contribution in [3.05, 3.63) is 107 Å². The number of hydrogen-bond donors (Lipinski definition) is 2. The number of nitrogens with zero attached hydrogens (tertiary/aromatic N) is 2. The fourth-order valence-corrected chi connectivity index (χ4v) is 5.63. The Morgan fingerprint density at radius 3 is 2.54 bits per heavy atom. The first-order chi connectivity index (χ1) is 18.8. The molecule has 196 valence electrons. The van der Waals surface area contributed by atoms with Gasteiger partial charge in [-0.1, -0.05) is 36.4 Å². The molecule has 1 aromatic heterocycles. The zero-order valence-corrected chi connectivity index (χ0v) is 22.2. The quantitative estimate of drug-likeness (QED) is 0.324. The first kappa shape index (κ1) is 25.9. The Balaban J connectivity index is 1.75. The number of benzene rings is 3. The second kappa shape index (κ2) is 10.5. The maximum absolute atomic E-state index is 13.3. The number of carbonyl (C=O) groups excluding carboxylic acids is 1. The van der Waals surface area contributed by atoms with Gasteiger partial charge in [0, 0.05) is 29.4 Å². The number of fused-ring (bicyclic) bond motifs is 9. The van der Waals surface area contributed by atoms with Crippen LogP contribution in [-0.4, -0.2) is 33.1 Å². The SMILES string of the molecule is C=Nc1ccc2cc1/C(=C\C)c1cccc(c1)CNC(=O)c1cccc(c1)S(=O)(=O)Nc1cc-2cnc1OC. The van der Waals surface area contributed by atoms with E-state index in [1.807, 2.05) is 55.5 Å². The molecule has 8 bridgehead atoms. The van der Waals surface area contributed by atoms with Crippen LogP contribution in [0.5, 0.6) is 5.88 Å². The van der Waals surface area contributed by atoms with E-state index < -0.39 is 15.9 Å². The van der Waals surface area contributed by atoms with Crippen molar-refractivity contribution in [3.8, 4) is 17.0 Å². The highest BCUT2D eigenvalue weighted by molar-refractivity contribution is 7.92. The van der Waals surface area contributed by atoms with Gasteiger partial charge in [-0.05, 0) is 78.4 Å². The maximum atomic E-state index is 13.3. The van der Waals surface area contributed by atoms with Crippen LogP contribution in [0.3, 0.4) is 0 Å². The lowest BCUT2D eigenvalue weighted by Gasteiger charge is -2.16. The molecule has 0 fully saturated rings. The van der Waals surface area contributed by atoms with Gasteiger partial charge in [-0.2, -0.15) is 0 Å². The zero-order chi connectivity index (χ0) is 27.6. The van der Waals surface area contributed by atoms with Gasteiger partial charge in [0.05, 0.1) is 17.7 Å². The van der Waals surface area contributed by atoms with Crippen LogP contribution in [0.15, 0.2) is 95.0 Å². The average molecular weight is 539 g/mol. The molecule has 0 saturated carbocycles. The molecule has 0 saturated heterocycles. The molecule has 0 spiro atoms. The van der Waals surface area contributed by atoms with Gasteiger partial charge >= 0.3 is 0 Å².